The first-order chi connectivity index (χ1) is 20.9. The normalized spacial score (nSPS) is 30.4. The van der Waals surface area contributed by atoms with E-state index in [4.69, 9.17) is 15.2 Å². The van der Waals surface area contributed by atoms with Gasteiger partial charge in [0.15, 0.2) is 12.1 Å². The van der Waals surface area contributed by atoms with Gasteiger partial charge in [-0.05, 0) is 45.6 Å². The van der Waals surface area contributed by atoms with E-state index in [0.717, 1.165) is 37.8 Å². The monoisotopic (exact) mass is 607 g/mol. The summed E-state index contributed by atoms with van der Waals surface area (Å²) in [6.45, 7) is 3.25. The molecule has 0 radical (unpaired) electrons. The van der Waals surface area contributed by atoms with E-state index in [1.807, 2.05) is 0 Å². The number of rotatable bonds is 4. The highest BCUT2D eigenvalue weighted by atomic mass is 16.7. The molecule has 1 saturated carbocycles. The van der Waals surface area contributed by atoms with Crippen LogP contribution in [0.25, 0.3) is 0 Å². The van der Waals surface area contributed by atoms with E-state index in [9.17, 15) is 35.1 Å². The molecule has 0 bridgehead atoms. The Kier molecular flexibility index (Phi) is 7.83. The van der Waals surface area contributed by atoms with Crippen LogP contribution >= 0.6 is 0 Å². The van der Waals surface area contributed by atoms with Crippen molar-refractivity contribution in [1.82, 2.24) is 0 Å². The van der Waals surface area contributed by atoms with Gasteiger partial charge in [-0.15, -0.1) is 0 Å². The summed E-state index contributed by atoms with van der Waals surface area (Å²) in [4.78, 5) is 27.3. The van der Waals surface area contributed by atoms with E-state index in [1.165, 1.54) is 18.2 Å². The first-order valence-corrected chi connectivity index (χ1v) is 15.0. The molecule has 234 valence electrons. The second-order valence-corrected chi connectivity index (χ2v) is 12.3. The molecule has 7 N–H and O–H groups in total. The highest BCUT2D eigenvalue weighted by molar-refractivity contribution is 6.31. The van der Waals surface area contributed by atoms with Gasteiger partial charge in [0.25, 0.3) is 0 Å². The molecule has 6 rings (SSSR count). The van der Waals surface area contributed by atoms with Gasteiger partial charge in [-0.2, -0.15) is 10.2 Å². The fourth-order valence-corrected chi connectivity index (χ4v) is 6.81. The summed E-state index contributed by atoms with van der Waals surface area (Å²) in [6.07, 6.45) is 0.725. The van der Waals surface area contributed by atoms with Crippen molar-refractivity contribution in [1.29, 1.82) is 0 Å². The van der Waals surface area contributed by atoms with Crippen molar-refractivity contribution >= 4 is 23.0 Å². The van der Waals surface area contributed by atoms with Crippen LogP contribution in [0.2, 0.25) is 0 Å². The quantitative estimate of drug-likeness (QED) is 0.145. The fraction of sp³-hybridized carbons (Fsp3) is 0.500. The number of carbonyl (C=O) groups is 2. The first kappa shape index (κ1) is 30.4. The number of nitrogens with two attached hydrogens (primary N) is 1. The van der Waals surface area contributed by atoms with Gasteiger partial charge in [-0.1, -0.05) is 18.6 Å². The summed E-state index contributed by atoms with van der Waals surface area (Å²) in [7, 11) is 0. The maximum atomic E-state index is 13.6. The molecular weight excluding hydrogens is 570 g/mol. The number of nitrogens with zero attached hydrogens (tertiary/aromatic N) is 2. The summed E-state index contributed by atoms with van der Waals surface area (Å²) in [5.41, 5.74) is 4.31. The standard InChI is InChI=1S/C32H37N3O9/c1-14-27(37)19(33)11-22(43-14)44-21-13-32(42,15(2)34-35-16-7-4-3-5-8-16)12-18-24(21)31(41)26-25(29(18)39)28(38)17-9-6-10-20(36)23(17)30(26)40/h6,9-10,14,19,21-22,27,36-37,39,41-42H,3-5,7-8,11-13,33H2,1-2H3/b34-15+/t14-,19-,21-,22-,27+,32-/m0/s1. The van der Waals surface area contributed by atoms with Crippen LogP contribution in [0, 0.1) is 0 Å². The molecule has 4 aliphatic rings. The lowest BCUT2D eigenvalue weighted by molar-refractivity contribution is -0.245. The smallest absolute Gasteiger partial charge is 0.202 e. The van der Waals surface area contributed by atoms with Gasteiger partial charge in [0, 0.05) is 47.7 Å². The number of carbonyl (C=O) groups excluding carboxylic acids is 2. The van der Waals surface area contributed by atoms with Crippen molar-refractivity contribution in [2.24, 2.45) is 15.9 Å². The molecule has 0 unspecified atom stereocenters. The van der Waals surface area contributed by atoms with Crippen LogP contribution in [-0.2, 0) is 15.9 Å². The number of phenolic OH excluding ortho intramolecular Hbond substituents is 3. The Balaban J connectivity index is 1.48. The van der Waals surface area contributed by atoms with Crippen molar-refractivity contribution in [3.05, 3.63) is 51.6 Å². The molecule has 2 aromatic rings. The highest BCUT2D eigenvalue weighted by Gasteiger charge is 2.49. The Morgan fingerprint density at radius 2 is 1.75 bits per heavy atom. The summed E-state index contributed by atoms with van der Waals surface area (Å²) in [5, 5.41) is 64.8. The summed E-state index contributed by atoms with van der Waals surface area (Å²) in [5.74, 6) is -3.21. The first-order valence-electron chi connectivity index (χ1n) is 15.0. The van der Waals surface area contributed by atoms with Crippen LogP contribution in [0.3, 0.4) is 0 Å². The zero-order valence-electron chi connectivity index (χ0n) is 24.6. The number of phenols is 3. The van der Waals surface area contributed by atoms with Crippen molar-refractivity contribution in [3.8, 4) is 17.2 Å². The van der Waals surface area contributed by atoms with Gasteiger partial charge < -0.3 is 40.7 Å². The predicted octanol–water partition coefficient (Wildman–Crippen LogP) is 2.92. The molecule has 12 heteroatoms. The number of aliphatic hydroxyl groups is 2. The largest absolute Gasteiger partial charge is 0.507 e. The van der Waals surface area contributed by atoms with Crippen molar-refractivity contribution < 1.29 is 44.6 Å². The molecule has 1 heterocycles. The molecular formula is C32H37N3O9. The second-order valence-electron chi connectivity index (χ2n) is 12.3. The number of aliphatic hydroxyl groups excluding tert-OH is 1. The second kappa shape index (κ2) is 11.4. The van der Waals surface area contributed by atoms with Gasteiger partial charge in [-0.25, -0.2) is 0 Å². The molecule has 0 spiro atoms. The van der Waals surface area contributed by atoms with E-state index in [1.54, 1.807) is 13.8 Å². The van der Waals surface area contributed by atoms with Crippen molar-refractivity contribution in [2.75, 3.05) is 0 Å². The molecule has 12 nitrogen and oxygen atoms in total. The number of fused-ring (bicyclic) bond motifs is 3. The average Bonchev–Trinajstić information content (AvgIpc) is 2.99. The number of ether oxygens (including phenoxy) is 2. The maximum Gasteiger partial charge on any atom is 0.202 e. The topological polar surface area (TPSA) is 204 Å². The zero-order chi connectivity index (χ0) is 31.5. The Bertz CT molecular complexity index is 1580. The Morgan fingerprint density at radius 1 is 1.05 bits per heavy atom. The van der Waals surface area contributed by atoms with E-state index in [2.05, 4.69) is 10.2 Å². The Hall–Kier alpha value is -3.68. The van der Waals surface area contributed by atoms with Crippen LogP contribution in [0.1, 0.15) is 108 Å². The van der Waals surface area contributed by atoms with Crippen molar-refractivity contribution in [3.63, 3.8) is 0 Å². The molecule has 44 heavy (non-hydrogen) atoms. The highest BCUT2D eigenvalue weighted by Crippen LogP contribution is 2.52. The number of hydrogen-bond acceptors (Lipinski definition) is 12. The molecule has 0 aromatic heterocycles. The minimum atomic E-state index is -1.73. The SMILES string of the molecule is C/C(=N\N=C1CCCCC1)[C@]1(O)Cc2c(O)c3c(c(O)c2[C@@H](O[C@H]2C[C@H](N)[C@H](O)[C@H](C)O2)C1)C(=O)c1c(O)cccc1C3=O. The minimum Gasteiger partial charge on any atom is -0.507 e. The van der Waals surface area contributed by atoms with Crippen LogP contribution in [-0.4, -0.2) is 78.7 Å². The average molecular weight is 608 g/mol. The Morgan fingerprint density at radius 3 is 2.45 bits per heavy atom. The van der Waals surface area contributed by atoms with E-state index < -0.39 is 76.2 Å². The van der Waals surface area contributed by atoms with Crippen LogP contribution in [0.15, 0.2) is 28.4 Å². The van der Waals surface area contributed by atoms with Gasteiger partial charge in [0.1, 0.15) is 22.8 Å². The lowest BCUT2D eigenvalue weighted by Gasteiger charge is -2.42. The van der Waals surface area contributed by atoms with Crippen LogP contribution in [0.5, 0.6) is 17.2 Å². The summed E-state index contributed by atoms with van der Waals surface area (Å²) in [6, 6.07) is 3.35. The number of aromatic hydroxyl groups is 3. The molecule has 0 amide bonds. The molecule has 1 aliphatic heterocycles. The number of benzene rings is 2. The molecule has 3 aliphatic carbocycles. The van der Waals surface area contributed by atoms with Gasteiger partial charge >= 0.3 is 0 Å². The van der Waals surface area contributed by atoms with Gasteiger partial charge in [-0.3, -0.25) is 9.59 Å². The van der Waals surface area contributed by atoms with Crippen LogP contribution < -0.4 is 5.73 Å². The van der Waals surface area contributed by atoms with Crippen molar-refractivity contribution in [2.45, 2.75) is 101 Å². The third-order valence-corrected chi connectivity index (χ3v) is 9.38. The molecule has 1 saturated heterocycles. The fourth-order valence-electron chi connectivity index (χ4n) is 6.81. The molecule has 2 fully saturated rings. The van der Waals surface area contributed by atoms with Crippen LogP contribution in [0.4, 0.5) is 0 Å². The lowest BCUT2D eigenvalue weighted by atomic mass is 9.72. The minimum absolute atomic E-state index is 0.00767. The third kappa shape index (κ3) is 5.00. The van der Waals surface area contributed by atoms with E-state index in [-0.39, 0.29) is 47.2 Å². The number of ketones is 2. The molecule has 2 aromatic carbocycles. The zero-order valence-corrected chi connectivity index (χ0v) is 24.6. The lowest BCUT2D eigenvalue weighted by Crippen LogP contribution is -2.52. The third-order valence-electron chi connectivity index (χ3n) is 9.38. The van der Waals surface area contributed by atoms with E-state index >= 15 is 0 Å². The maximum absolute atomic E-state index is 13.6. The Labute approximate surface area is 253 Å². The summed E-state index contributed by atoms with van der Waals surface area (Å²) < 4.78 is 12.1. The molecule has 6 atom stereocenters. The van der Waals surface area contributed by atoms with Gasteiger partial charge in [0.2, 0.25) is 5.78 Å². The number of hydrogen-bond donors (Lipinski definition) is 6. The van der Waals surface area contributed by atoms with Gasteiger partial charge in [0.05, 0.1) is 40.7 Å². The van der Waals surface area contributed by atoms with E-state index in [0.29, 0.717) is 0 Å². The summed E-state index contributed by atoms with van der Waals surface area (Å²) >= 11 is 0. The predicted molar refractivity (Wildman–Crippen MR) is 158 cm³/mol.